The molecular formula is C27H36N4O5. The standard InChI is InChI=1S/C27H36N4O5/c1-34-22-8-7-20-17-21(26(28-23(20)18-22)30-12-15-35-16-13-30)19-31(27(33)24-5-3-14-36-24)11-4-10-29-9-2-6-25(29)32/h7-8,17-18,24H,2-6,9-16,19H2,1H3/t24-/m0/s1. The molecule has 0 bridgehead atoms. The zero-order valence-electron chi connectivity index (χ0n) is 21.1. The SMILES string of the molecule is COc1ccc2cc(CN(CCCN3CCCC3=O)C(=O)[C@@H]3CCCO3)c(N3CCOCC3)nc2c1. The van der Waals surface area contributed by atoms with E-state index in [4.69, 9.17) is 19.2 Å². The molecule has 5 rings (SSSR count). The van der Waals surface area contributed by atoms with Crippen molar-refractivity contribution in [2.24, 2.45) is 0 Å². The highest BCUT2D eigenvalue weighted by atomic mass is 16.5. The van der Waals surface area contributed by atoms with E-state index in [1.54, 1.807) is 7.11 Å². The number of methoxy groups -OCH3 is 1. The Morgan fingerprint density at radius 1 is 1.17 bits per heavy atom. The van der Waals surface area contributed by atoms with Crippen LogP contribution in [0.4, 0.5) is 5.82 Å². The maximum absolute atomic E-state index is 13.5. The summed E-state index contributed by atoms with van der Waals surface area (Å²) in [6.07, 6.45) is 3.58. The number of nitrogens with zero attached hydrogens (tertiary/aromatic N) is 4. The molecule has 0 N–H and O–H groups in total. The van der Waals surface area contributed by atoms with Crippen molar-refractivity contribution in [3.8, 4) is 5.75 Å². The maximum atomic E-state index is 13.5. The van der Waals surface area contributed by atoms with Crippen molar-refractivity contribution in [1.29, 1.82) is 0 Å². The lowest BCUT2D eigenvalue weighted by Gasteiger charge is -2.32. The number of morpholine rings is 1. The number of fused-ring (bicyclic) bond motifs is 1. The summed E-state index contributed by atoms with van der Waals surface area (Å²) in [7, 11) is 1.66. The molecule has 0 unspecified atom stereocenters. The largest absolute Gasteiger partial charge is 0.497 e. The van der Waals surface area contributed by atoms with E-state index in [1.165, 1.54) is 0 Å². The molecule has 3 aliphatic heterocycles. The number of ether oxygens (including phenoxy) is 3. The van der Waals surface area contributed by atoms with Crippen molar-refractivity contribution >= 4 is 28.5 Å². The second-order valence-electron chi connectivity index (χ2n) is 9.73. The number of aromatic nitrogens is 1. The van der Waals surface area contributed by atoms with E-state index in [2.05, 4.69) is 11.0 Å². The van der Waals surface area contributed by atoms with E-state index in [1.807, 2.05) is 28.0 Å². The summed E-state index contributed by atoms with van der Waals surface area (Å²) in [4.78, 5) is 36.7. The number of carbonyl (C=O) groups excluding carboxylic acids is 2. The van der Waals surface area contributed by atoms with Crippen molar-refractivity contribution in [2.45, 2.75) is 44.8 Å². The van der Waals surface area contributed by atoms with Crippen LogP contribution in [0.2, 0.25) is 0 Å². The van der Waals surface area contributed by atoms with Crippen molar-refractivity contribution in [2.75, 3.05) is 64.6 Å². The number of carbonyl (C=O) groups is 2. The molecule has 194 valence electrons. The van der Waals surface area contributed by atoms with E-state index >= 15 is 0 Å². The summed E-state index contributed by atoms with van der Waals surface area (Å²) in [6, 6.07) is 8.04. The summed E-state index contributed by atoms with van der Waals surface area (Å²) in [5.41, 5.74) is 1.88. The molecule has 36 heavy (non-hydrogen) atoms. The third-order valence-electron chi connectivity index (χ3n) is 7.30. The smallest absolute Gasteiger partial charge is 0.252 e. The molecule has 0 aliphatic carbocycles. The minimum Gasteiger partial charge on any atom is -0.497 e. The van der Waals surface area contributed by atoms with Crippen LogP contribution in [-0.2, 0) is 25.6 Å². The van der Waals surface area contributed by atoms with Crippen LogP contribution >= 0.6 is 0 Å². The summed E-state index contributed by atoms with van der Waals surface area (Å²) in [5.74, 6) is 1.90. The summed E-state index contributed by atoms with van der Waals surface area (Å²) < 4.78 is 16.8. The first-order valence-corrected chi connectivity index (χ1v) is 13.1. The van der Waals surface area contributed by atoms with Crippen LogP contribution in [0.1, 0.15) is 37.7 Å². The Morgan fingerprint density at radius 3 is 2.75 bits per heavy atom. The predicted molar refractivity (Wildman–Crippen MR) is 136 cm³/mol. The Hall–Kier alpha value is -2.91. The second-order valence-corrected chi connectivity index (χ2v) is 9.73. The zero-order valence-corrected chi connectivity index (χ0v) is 21.1. The topological polar surface area (TPSA) is 84.4 Å². The lowest BCUT2D eigenvalue weighted by atomic mass is 10.1. The lowest BCUT2D eigenvalue weighted by molar-refractivity contribution is -0.141. The lowest BCUT2D eigenvalue weighted by Crippen LogP contribution is -2.41. The van der Waals surface area contributed by atoms with Gasteiger partial charge in [0.1, 0.15) is 17.7 Å². The van der Waals surface area contributed by atoms with Gasteiger partial charge in [0, 0.05) is 69.3 Å². The van der Waals surface area contributed by atoms with Crippen LogP contribution in [0.5, 0.6) is 5.75 Å². The van der Waals surface area contributed by atoms with Gasteiger partial charge < -0.3 is 28.9 Å². The van der Waals surface area contributed by atoms with Crippen LogP contribution in [0, 0.1) is 0 Å². The molecule has 3 fully saturated rings. The predicted octanol–water partition coefficient (Wildman–Crippen LogP) is 2.60. The van der Waals surface area contributed by atoms with Crippen LogP contribution < -0.4 is 9.64 Å². The summed E-state index contributed by atoms with van der Waals surface area (Å²) in [6.45, 7) is 5.97. The van der Waals surface area contributed by atoms with Crippen LogP contribution in [-0.4, -0.2) is 92.4 Å². The fourth-order valence-electron chi connectivity index (χ4n) is 5.31. The van der Waals surface area contributed by atoms with Gasteiger partial charge in [-0.25, -0.2) is 4.98 Å². The molecule has 2 aromatic rings. The minimum atomic E-state index is -0.386. The van der Waals surface area contributed by atoms with Crippen molar-refractivity contribution in [3.63, 3.8) is 0 Å². The van der Waals surface area contributed by atoms with E-state index in [0.29, 0.717) is 45.9 Å². The summed E-state index contributed by atoms with van der Waals surface area (Å²) >= 11 is 0. The van der Waals surface area contributed by atoms with Gasteiger partial charge in [0.2, 0.25) is 5.91 Å². The quantitative estimate of drug-likeness (QED) is 0.528. The molecule has 3 aliphatic rings. The van der Waals surface area contributed by atoms with Gasteiger partial charge in [-0.1, -0.05) is 0 Å². The van der Waals surface area contributed by atoms with Gasteiger partial charge in [-0.05, 0) is 43.9 Å². The molecule has 9 heteroatoms. The third kappa shape index (κ3) is 5.57. The molecule has 9 nitrogen and oxygen atoms in total. The molecular weight excluding hydrogens is 460 g/mol. The van der Waals surface area contributed by atoms with E-state index in [0.717, 1.165) is 73.4 Å². The van der Waals surface area contributed by atoms with Crippen molar-refractivity contribution < 1.29 is 23.8 Å². The monoisotopic (exact) mass is 496 g/mol. The highest BCUT2D eigenvalue weighted by Gasteiger charge is 2.30. The molecule has 0 spiro atoms. The highest BCUT2D eigenvalue weighted by Crippen LogP contribution is 2.29. The first-order chi connectivity index (χ1) is 17.6. The Bertz CT molecular complexity index is 1080. The van der Waals surface area contributed by atoms with E-state index in [9.17, 15) is 9.59 Å². The summed E-state index contributed by atoms with van der Waals surface area (Å²) in [5, 5.41) is 1.01. The first kappa shape index (κ1) is 24.8. The van der Waals surface area contributed by atoms with Gasteiger partial charge >= 0.3 is 0 Å². The van der Waals surface area contributed by atoms with Crippen molar-refractivity contribution in [3.05, 3.63) is 29.8 Å². The number of rotatable bonds is 9. The number of anilines is 1. The van der Waals surface area contributed by atoms with Gasteiger partial charge in [0.05, 0.1) is 25.8 Å². The normalized spacial score (nSPS) is 20.4. The fraction of sp³-hybridized carbons (Fsp3) is 0.593. The van der Waals surface area contributed by atoms with Gasteiger partial charge in [0.15, 0.2) is 0 Å². The first-order valence-electron chi connectivity index (χ1n) is 13.1. The minimum absolute atomic E-state index is 0.0306. The average Bonchev–Trinajstić information content (AvgIpc) is 3.60. The van der Waals surface area contributed by atoms with Crippen LogP contribution in [0.3, 0.4) is 0 Å². The zero-order chi connectivity index (χ0) is 24.9. The number of benzene rings is 1. The van der Waals surface area contributed by atoms with Gasteiger partial charge in [0.25, 0.3) is 5.91 Å². The Morgan fingerprint density at radius 2 is 2.03 bits per heavy atom. The van der Waals surface area contributed by atoms with E-state index in [-0.39, 0.29) is 17.9 Å². The number of pyridine rings is 1. The third-order valence-corrected chi connectivity index (χ3v) is 7.30. The molecule has 0 radical (unpaired) electrons. The number of hydrogen-bond donors (Lipinski definition) is 0. The molecule has 1 aromatic carbocycles. The molecule has 3 saturated heterocycles. The van der Waals surface area contributed by atoms with Gasteiger partial charge in [-0.2, -0.15) is 0 Å². The van der Waals surface area contributed by atoms with Crippen LogP contribution in [0.15, 0.2) is 24.3 Å². The molecule has 0 saturated carbocycles. The number of amides is 2. The Kier molecular flexibility index (Phi) is 7.87. The average molecular weight is 497 g/mol. The molecule has 2 amide bonds. The van der Waals surface area contributed by atoms with Crippen molar-refractivity contribution in [1.82, 2.24) is 14.8 Å². The van der Waals surface area contributed by atoms with Gasteiger partial charge in [-0.3, -0.25) is 9.59 Å². The molecule has 4 heterocycles. The highest BCUT2D eigenvalue weighted by molar-refractivity contribution is 5.84. The van der Waals surface area contributed by atoms with Gasteiger partial charge in [-0.15, -0.1) is 0 Å². The maximum Gasteiger partial charge on any atom is 0.252 e. The number of likely N-dealkylation sites (tertiary alicyclic amines) is 1. The van der Waals surface area contributed by atoms with E-state index < -0.39 is 0 Å². The fourth-order valence-corrected chi connectivity index (χ4v) is 5.31. The van der Waals surface area contributed by atoms with Crippen LogP contribution in [0.25, 0.3) is 10.9 Å². The molecule has 1 atom stereocenters. The molecule has 1 aromatic heterocycles. The Balaban J connectivity index is 1.42. The Labute approximate surface area is 212 Å². The number of hydrogen-bond acceptors (Lipinski definition) is 7. The second kappa shape index (κ2) is 11.4.